The first-order valence-electron chi connectivity index (χ1n) is 4.09. The van der Waals surface area contributed by atoms with Crippen molar-refractivity contribution in [3.8, 4) is 6.07 Å². The van der Waals surface area contributed by atoms with Crippen molar-refractivity contribution < 1.29 is 9.90 Å². The van der Waals surface area contributed by atoms with Crippen molar-refractivity contribution in [2.24, 2.45) is 0 Å². The minimum atomic E-state index is -0.855. The van der Waals surface area contributed by atoms with E-state index in [-0.39, 0.29) is 6.42 Å². The van der Waals surface area contributed by atoms with Crippen LogP contribution in [0.15, 0.2) is 30.3 Å². The van der Waals surface area contributed by atoms with Gasteiger partial charge in [0.1, 0.15) is 0 Å². The van der Waals surface area contributed by atoms with Gasteiger partial charge in [0.2, 0.25) is 0 Å². The maximum Gasteiger partial charge on any atom is 0.307 e. The molecule has 0 aliphatic heterocycles. The zero-order valence-electron chi connectivity index (χ0n) is 7.47. The van der Waals surface area contributed by atoms with Gasteiger partial charge in [-0.3, -0.25) is 4.79 Å². The van der Waals surface area contributed by atoms with E-state index in [0.717, 1.165) is 11.1 Å². The predicted octanol–water partition coefficient (Wildman–Crippen LogP) is 1.85. The van der Waals surface area contributed by atoms with Crippen LogP contribution in [0.3, 0.4) is 0 Å². The van der Waals surface area contributed by atoms with Crippen LogP contribution in [0.25, 0.3) is 6.08 Å². The molecule has 70 valence electrons. The summed E-state index contributed by atoms with van der Waals surface area (Å²) in [7, 11) is 0. The molecule has 1 aromatic carbocycles. The Morgan fingerprint density at radius 3 is 3.00 bits per heavy atom. The molecule has 0 saturated heterocycles. The Morgan fingerprint density at radius 1 is 1.57 bits per heavy atom. The number of rotatable bonds is 3. The number of carboxylic acids is 1. The Bertz CT molecular complexity index is 402. The molecule has 0 spiro atoms. The second-order valence-corrected chi connectivity index (χ2v) is 2.78. The maximum absolute atomic E-state index is 10.4. The fourth-order valence-corrected chi connectivity index (χ4v) is 1.11. The molecule has 0 unspecified atom stereocenters. The minimum absolute atomic E-state index is 0.00817. The summed E-state index contributed by atoms with van der Waals surface area (Å²) >= 11 is 0. The number of nitriles is 1. The number of benzene rings is 1. The number of aliphatic carboxylic acids is 1. The highest BCUT2D eigenvalue weighted by atomic mass is 16.4. The van der Waals surface area contributed by atoms with E-state index in [1.807, 2.05) is 12.1 Å². The van der Waals surface area contributed by atoms with Crippen molar-refractivity contribution in [3.05, 3.63) is 41.5 Å². The highest BCUT2D eigenvalue weighted by Gasteiger charge is 1.99. The fourth-order valence-electron chi connectivity index (χ4n) is 1.11. The normalized spacial score (nSPS) is 9.93. The highest BCUT2D eigenvalue weighted by molar-refractivity contribution is 5.70. The van der Waals surface area contributed by atoms with E-state index in [9.17, 15) is 4.79 Å². The summed E-state index contributed by atoms with van der Waals surface area (Å²) in [5, 5.41) is 16.9. The van der Waals surface area contributed by atoms with E-state index in [4.69, 9.17) is 10.4 Å². The molecule has 3 nitrogen and oxygen atoms in total. The van der Waals surface area contributed by atoms with Gasteiger partial charge in [-0.25, -0.2) is 0 Å². The Labute approximate surface area is 81.9 Å². The molecule has 14 heavy (non-hydrogen) atoms. The van der Waals surface area contributed by atoms with Gasteiger partial charge in [-0.15, -0.1) is 0 Å². The zero-order valence-corrected chi connectivity index (χ0v) is 7.47. The van der Waals surface area contributed by atoms with Crippen molar-refractivity contribution in [1.82, 2.24) is 0 Å². The van der Waals surface area contributed by atoms with E-state index in [2.05, 4.69) is 0 Å². The molecule has 0 bridgehead atoms. The molecule has 0 aliphatic carbocycles. The third kappa shape index (κ3) is 3.11. The maximum atomic E-state index is 10.4. The first kappa shape index (κ1) is 10.0. The lowest BCUT2D eigenvalue weighted by Crippen LogP contribution is -1.99. The molecular formula is C11H9NO2. The average molecular weight is 187 g/mol. The third-order valence-electron chi connectivity index (χ3n) is 1.66. The standard InChI is InChI=1S/C11H9NO2/c12-6-2-5-9-3-1-4-10(7-9)8-11(13)14/h1-5,7H,8H2,(H,13,14). The van der Waals surface area contributed by atoms with Crippen molar-refractivity contribution in [2.45, 2.75) is 6.42 Å². The third-order valence-corrected chi connectivity index (χ3v) is 1.66. The van der Waals surface area contributed by atoms with Crippen molar-refractivity contribution in [3.63, 3.8) is 0 Å². The summed E-state index contributed by atoms with van der Waals surface area (Å²) in [6.45, 7) is 0. The molecule has 0 fully saturated rings. The summed E-state index contributed by atoms with van der Waals surface area (Å²) in [5.74, 6) is -0.855. The van der Waals surface area contributed by atoms with E-state index in [0.29, 0.717) is 0 Å². The number of carboxylic acid groups (broad SMARTS) is 1. The molecule has 0 heterocycles. The van der Waals surface area contributed by atoms with Crippen molar-refractivity contribution in [2.75, 3.05) is 0 Å². The summed E-state index contributed by atoms with van der Waals surface area (Å²) in [6.07, 6.45) is 3.01. The molecule has 1 N–H and O–H groups in total. The van der Waals surface area contributed by atoms with E-state index in [1.165, 1.54) is 6.08 Å². The number of hydrogen-bond donors (Lipinski definition) is 1. The van der Waals surface area contributed by atoms with Gasteiger partial charge in [-0.1, -0.05) is 24.3 Å². The molecule has 0 atom stereocenters. The van der Waals surface area contributed by atoms with E-state index < -0.39 is 5.97 Å². The second kappa shape index (κ2) is 4.83. The van der Waals surface area contributed by atoms with Crippen LogP contribution in [0.4, 0.5) is 0 Å². The molecule has 1 aromatic rings. The summed E-state index contributed by atoms with van der Waals surface area (Å²) in [4.78, 5) is 10.4. The second-order valence-electron chi connectivity index (χ2n) is 2.78. The number of allylic oxidation sites excluding steroid dienone is 1. The van der Waals surface area contributed by atoms with E-state index in [1.54, 1.807) is 24.3 Å². The number of hydrogen-bond acceptors (Lipinski definition) is 2. The topological polar surface area (TPSA) is 61.1 Å². The number of nitrogens with zero attached hydrogens (tertiary/aromatic N) is 1. The molecular weight excluding hydrogens is 178 g/mol. The van der Waals surface area contributed by atoms with Crippen LogP contribution in [0, 0.1) is 11.3 Å². The van der Waals surface area contributed by atoms with Gasteiger partial charge >= 0.3 is 5.97 Å². The van der Waals surface area contributed by atoms with Crippen LogP contribution in [-0.2, 0) is 11.2 Å². The van der Waals surface area contributed by atoms with Crippen LogP contribution < -0.4 is 0 Å². The lowest BCUT2D eigenvalue weighted by Gasteiger charge is -1.98. The van der Waals surface area contributed by atoms with Gasteiger partial charge < -0.3 is 5.11 Å². The van der Waals surface area contributed by atoms with Gasteiger partial charge in [0, 0.05) is 6.08 Å². The van der Waals surface area contributed by atoms with Gasteiger partial charge in [0.25, 0.3) is 0 Å². The Kier molecular flexibility index (Phi) is 3.45. The van der Waals surface area contributed by atoms with Crippen LogP contribution in [0.5, 0.6) is 0 Å². The number of carbonyl (C=O) groups is 1. The predicted molar refractivity (Wildman–Crippen MR) is 52.4 cm³/mol. The fraction of sp³-hybridized carbons (Fsp3) is 0.0909. The highest BCUT2D eigenvalue weighted by Crippen LogP contribution is 2.07. The van der Waals surface area contributed by atoms with E-state index >= 15 is 0 Å². The molecule has 0 saturated carbocycles. The molecule has 0 radical (unpaired) electrons. The van der Waals surface area contributed by atoms with Crippen LogP contribution >= 0.6 is 0 Å². The van der Waals surface area contributed by atoms with Gasteiger partial charge in [-0.2, -0.15) is 5.26 Å². The smallest absolute Gasteiger partial charge is 0.307 e. The van der Waals surface area contributed by atoms with Gasteiger partial charge in [0.15, 0.2) is 0 Å². The minimum Gasteiger partial charge on any atom is -0.481 e. The Hall–Kier alpha value is -2.08. The summed E-state index contributed by atoms with van der Waals surface area (Å²) < 4.78 is 0. The lowest BCUT2D eigenvalue weighted by atomic mass is 10.1. The molecule has 0 aromatic heterocycles. The van der Waals surface area contributed by atoms with Crippen molar-refractivity contribution >= 4 is 12.0 Å². The molecule has 0 aliphatic rings. The van der Waals surface area contributed by atoms with Crippen molar-refractivity contribution in [1.29, 1.82) is 5.26 Å². The van der Waals surface area contributed by atoms with Crippen LogP contribution in [-0.4, -0.2) is 11.1 Å². The Balaban J connectivity index is 2.85. The molecule has 3 heteroatoms. The largest absolute Gasteiger partial charge is 0.481 e. The lowest BCUT2D eigenvalue weighted by molar-refractivity contribution is -0.136. The monoisotopic (exact) mass is 187 g/mol. The summed E-state index contributed by atoms with van der Waals surface area (Å²) in [6, 6.07) is 8.97. The summed E-state index contributed by atoms with van der Waals surface area (Å²) in [5.41, 5.74) is 1.57. The van der Waals surface area contributed by atoms with Crippen LogP contribution in [0.2, 0.25) is 0 Å². The van der Waals surface area contributed by atoms with Gasteiger partial charge in [0.05, 0.1) is 12.5 Å². The molecule has 0 amide bonds. The molecule has 1 rings (SSSR count). The van der Waals surface area contributed by atoms with Crippen LogP contribution in [0.1, 0.15) is 11.1 Å². The quantitative estimate of drug-likeness (QED) is 0.734. The first-order chi connectivity index (χ1) is 6.72. The SMILES string of the molecule is N#CC=Cc1cccc(CC(=O)O)c1. The average Bonchev–Trinajstić information content (AvgIpc) is 2.14. The Morgan fingerprint density at radius 2 is 2.36 bits per heavy atom. The first-order valence-corrected chi connectivity index (χ1v) is 4.09. The van der Waals surface area contributed by atoms with Gasteiger partial charge in [-0.05, 0) is 17.2 Å². The zero-order chi connectivity index (χ0) is 10.4.